The molecule has 0 aliphatic carbocycles. The maximum Gasteiger partial charge on any atom is 0.224 e. The van der Waals surface area contributed by atoms with Crippen molar-refractivity contribution in [2.75, 3.05) is 56.2 Å². The summed E-state index contributed by atoms with van der Waals surface area (Å²) in [5, 5.41) is 6.19. The van der Waals surface area contributed by atoms with Crippen molar-refractivity contribution in [2.24, 2.45) is 4.99 Å². The predicted molar refractivity (Wildman–Crippen MR) is 127 cm³/mol. The molecule has 168 valence electrons. The molecule has 1 atom stereocenters. The third-order valence-electron chi connectivity index (χ3n) is 5.25. The van der Waals surface area contributed by atoms with E-state index in [2.05, 4.69) is 20.5 Å². The lowest BCUT2D eigenvalue weighted by molar-refractivity contribution is -0.131. The van der Waals surface area contributed by atoms with Crippen LogP contribution in [0.2, 0.25) is 0 Å². The van der Waals surface area contributed by atoms with Crippen LogP contribution in [0.15, 0.2) is 29.3 Å². The quantitative estimate of drug-likeness (QED) is 0.319. The van der Waals surface area contributed by atoms with Crippen molar-refractivity contribution in [3.05, 3.63) is 30.1 Å². The number of piperazine rings is 1. The molecule has 0 aromatic heterocycles. The summed E-state index contributed by atoms with van der Waals surface area (Å²) in [4.78, 5) is 20.5. The number of nitrogens with one attached hydrogen (secondary N) is 2. The van der Waals surface area contributed by atoms with Gasteiger partial charge in [0, 0.05) is 57.9 Å². The first kappa shape index (κ1) is 24.6. The number of aliphatic imine (C=N–C) groups is 1. The highest BCUT2D eigenvalue weighted by Gasteiger charge is 2.28. The highest BCUT2D eigenvalue weighted by atomic mass is 127. The molecule has 1 unspecified atom stereocenters. The minimum absolute atomic E-state index is 0. The molecule has 3 rings (SSSR count). The molecule has 0 spiro atoms. The smallest absolute Gasteiger partial charge is 0.224 e. The minimum atomic E-state index is -2.95. The van der Waals surface area contributed by atoms with Crippen LogP contribution in [0.5, 0.6) is 0 Å². The molecule has 0 bridgehead atoms. The fourth-order valence-electron chi connectivity index (χ4n) is 3.61. The lowest BCUT2D eigenvalue weighted by Crippen LogP contribution is -2.50. The van der Waals surface area contributed by atoms with E-state index < -0.39 is 9.84 Å². The molecule has 1 aromatic rings. The van der Waals surface area contributed by atoms with Gasteiger partial charge in [0.05, 0.1) is 11.5 Å². The summed E-state index contributed by atoms with van der Waals surface area (Å²) in [6, 6.07) is 6.26. The first-order valence-corrected chi connectivity index (χ1v) is 11.6. The fourth-order valence-corrected chi connectivity index (χ4v) is 5.28. The van der Waals surface area contributed by atoms with E-state index in [1.165, 1.54) is 12.1 Å². The monoisotopic (exact) mass is 553 g/mol. The Kier molecular flexibility index (Phi) is 9.13. The zero-order valence-corrected chi connectivity index (χ0v) is 20.2. The summed E-state index contributed by atoms with van der Waals surface area (Å²) in [5.74, 6) is 0.639. The van der Waals surface area contributed by atoms with Crippen LogP contribution in [-0.2, 0) is 14.6 Å². The van der Waals surface area contributed by atoms with Gasteiger partial charge in [-0.1, -0.05) is 0 Å². The molecule has 1 amide bonds. The van der Waals surface area contributed by atoms with Gasteiger partial charge >= 0.3 is 0 Å². The Morgan fingerprint density at radius 3 is 2.43 bits per heavy atom. The number of guanidine groups is 1. The van der Waals surface area contributed by atoms with E-state index in [0.29, 0.717) is 51.5 Å². The van der Waals surface area contributed by atoms with Gasteiger partial charge in [-0.15, -0.1) is 24.0 Å². The van der Waals surface area contributed by atoms with Gasteiger partial charge in [-0.05, 0) is 30.7 Å². The van der Waals surface area contributed by atoms with Crippen LogP contribution in [0.25, 0.3) is 0 Å². The third kappa shape index (κ3) is 6.96. The Morgan fingerprint density at radius 1 is 1.20 bits per heavy atom. The number of hydrogen-bond donors (Lipinski definition) is 2. The minimum Gasteiger partial charge on any atom is -0.368 e. The Balaban J connectivity index is 0.00000320. The fraction of sp³-hybridized carbons (Fsp3) is 0.579. The Morgan fingerprint density at radius 2 is 1.87 bits per heavy atom. The van der Waals surface area contributed by atoms with Crippen molar-refractivity contribution in [3.8, 4) is 0 Å². The van der Waals surface area contributed by atoms with Crippen molar-refractivity contribution < 1.29 is 17.6 Å². The Hall–Kier alpha value is -1.63. The third-order valence-corrected chi connectivity index (χ3v) is 7.02. The highest BCUT2D eigenvalue weighted by Crippen LogP contribution is 2.17. The van der Waals surface area contributed by atoms with E-state index in [1.54, 1.807) is 19.2 Å². The Bertz CT molecular complexity index is 842. The number of rotatable bonds is 5. The molecule has 2 heterocycles. The van der Waals surface area contributed by atoms with Gasteiger partial charge in [0.25, 0.3) is 0 Å². The summed E-state index contributed by atoms with van der Waals surface area (Å²) in [7, 11) is -1.33. The van der Waals surface area contributed by atoms with E-state index in [4.69, 9.17) is 0 Å². The molecule has 2 saturated heterocycles. The van der Waals surface area contributed by atoms with Crippen molar-refractivity contribution >= 4 is 51.4 Å². The predicted octanol–water partition coefficient (Wildman–Crippen LogP) is 0.835. The number of anilines is 1. The van der Waals surface area contributed by atoms with Gasteiger partial charge in [-0.2, -0.15) is 0 Å². The van der Waals surface area contributed by atoms with E-state index in [0.717, 1.165) is 5.69 Å². The first-order valence-electron chi connectivity index (χ1n) is 9.82. The van der Waals surface area contributed by atoms with Crippen molar-refractivity contribution in [1.29, 1.82) is 0 Å². The van der Waals surface area contributed by atoms with E-state index in [1.807, 2.05) is 4.90 Å². The van der Waals surface area contributed by atoms with Crippen LogP contribution in [0.1, 0.15) is 12.8 Å². The maximum absolute atomic E-state index is 13.1. The van der Waals surface area contributed by atoms with Gasteiger partial charge in [0.15, 0.2) is 15.8 Å². The number of sulfone groups is 1. The summed E-state index contributed by atoms with van der Waals surface area (Å²) < 4.78 is 36.1. The number of benzene rings is 1. The molecule has 0 saturated carbocycles. The largest absolute Gasteiger partial charge is 0.368 e. The normalized spacial score (nSPS) is 21.1. The lowest BCUT2D eigenvalue weighted by atomic mass is 10.2. The molecular weight excluding hydrogens is 524 g/mol. The van der Waals surface area contributed by atoms with Crippen LogP contribution >= 0.6 is 24.0 Å². The van der Waals surface area contributed by atoms with Gasteiger partial charge in [0.2, 0.25) is 5.91 Å². The molecule has 2 N–H and O–H groups in total. The molecule has 0 radical (unpaired) electrons. The molecule has 8 nitrogen and oxygen atoms in total. The van der Waals surface area contributed by atoms with E-state index in [9.17, 15) is 17.6 Å². The zero-order chi connectivity index (χ0) is 20.9. The second-order valence-electron chi connectivity index (χ2n) is 7.34. The van der Waals surface area contributed by atoms with Gasteiger partial charge in [-0.3, -0.25) is 9.79 Å². The topological polar surface area (TPSA) is 94.1 Å². The highest BCUT2D eigenvalue weighted by molar-refractivity contribution is 14.0. The molecule has 30 heavy (non-hydrogen) atoms. The summed E-state index contributed by atoms with van der Waals surface area (Å²) >= 11 is 0. The van der Waals surface area contributed by atoms with Crippen LogP contribution in [0.4, 0.5) is 10.1 Å². The molecule has 1 aromatic carbocycles. The summed E-state index contributed by atoms with van der Waals surface area (Å²) in [6.45, 7) is 3.11. The van der Waals surface area contributed by atoms with E-state index >= 15 is 0 Å². The van der Waals surface area contributed by atoms with Crippen LogP contribution in [0.3, 0.4) is 0 Å². The van der Waals surface area contributed by atoms with Crippen molar-refractivity contribution in [3.63, 3.8) is 0 Å². The molecule has 11 heteroatoms. The van der Waals surface area contributed by atoms with Crippen LogP contribution in [-0.4, -0.2) is 82.5 Å². The second-order valence-corrected chi connectivity index (χ2v) is 9.57. The number of nitrogens with zero attached hydrogens (tertiary/aromatic N) is 3. The van der Waals surface area contributed by atoms with E-state index in [-0.39, 0.29) is 53.2 Å². The van der Waals surface area contributed by atoms with Crippen molar-refractivity contribution in [1.82, 2.24) is 15.5 Å². The summed E-state index contributed by atoms with van der Waals surface area (Å²) in [5.41, 5.74) is 0.962. The molecule has 2 fully saturated rings. The number of halogens is 2. The molecule has 2 aliphatic heterocycles. The zero-order valence-electron chi connectivity index (χ0n) is 17.0. The average Bonchev–Trinajstić information content (AvgIpc) is 3.06. The van der Waals surface area contributed by atoms with Crippen LogP contribution < -0.4 is 15.5 Å². The second kappa shape index (κ2) is 11.1. The summed E-state index contributed by atoms with van der Waals surface area (Å²) in [6.07, 6.45) is 0.903. The number of carbonyl (C=O) groups excluding carboxylic acids is 1. The standard InChI is InChI=1S/C19H28FN5O3S.HI/c1-21-19(23-16-7-13-29(27,28)14-16)22-8-6-18(26)25-11-9-24(10-12-25)17-4-2-15(20)3-5-17;/h2-5,16H,6-14H2,1H3,(H2,21,22,23);1H. The number of amides is 1. The lowest BCUT2D eigenvalue weighted by Gasteiger charge is -2.36. The van der Waals surface area contributed by atoms with Gasteiger partial charge in [0.1, 0.15) is 5.82 Å². The number of carbonyl (C=O) groups is 1. The van der Waals surface area contributed by atoms with Gasteiger partial charge in [-0.25, -0.2) is 12.8 Å². The number of hydrogen-bond acceptors (Lipinski definition) is 5. The van der Waals surface area contributed by atoms with Crippen molar-refractivity contribution in [2.45, 2.75) is 18.9 Å². The van der Waals surface area contributed by atoms with Crippen LogP contribution in [0, 0.1) is 5.82 Å². The molecular formula is C19H29FIN5O3S. The van der Waals surface area contributed by atoms with Gasteiger partial charge < -0.3 is 20.4 Å². The maximum atomic E-state index is 13.1. The first-order chi connectivity index (χ1) is 13.9. The molecule has 2 aliphatic rings. The average molecular weight is 553 g/mol. The Labute approximate surface area is 194 Å². The SMILES string of the molecule is CN=C(NCCC(=O)N1CCN(c2ccc(F)cc2)CC1)NC1CCS(=O)(=O)C1.I.